The van der Waals surface area contributed by atoms with E-state index in [4.69, 9.17) is 51.1 Å². The first kappa shape index (κ1) is 25.0. The van der Waals surface area contributed by atoms with E-state index in [0.29, 0.717) is 59.5 Å². The molecule has 0 bridgehead atoms. The molecular weight excluding hydrogens is 534 g/mol. The molecule has 0 aliphatic carbocycles. The van der Waals surface area contributed by atoms with Crippen molar-refractivity contribution in [3.05, 3.63) is 91.2 Å². The fraction of sp³-hybridized carbons (Fsp3) is 0.120. The Bertz CT molecular complexity index is 1250. The maximum Gasteiger partial charge on any atom is 0.271 e. The van der Waals surface area contributed by atoms with Gasteiger partial charge in [0.15, 0.2) is 10.9 Å². The molecule has 3 aromatic carbocycles. The number of nitrogens with zero attached hydrogens (tertiary/aromatic N) is 2. The Morgan fingerprint density at radius 2 is 1.53 bits per heavy atom. The first-order chi connectivity index (χ1) is 16.4. The van der Waals surface area contributed by atoms with Crippen molar-refractivity contribution in [3.63, 3.8) is 0 Å². The molecule has 9 heteroatoms. The van der Waals surface area contributed by atoms with Crippen molar-refractivity contribution in [2.24, 2.45) is 4.99 Å². The smallest absolute Gasteiger partial charge is 0.271 e. The lowest BCUT2D eigenvalue weighted by atomic mass is 10.2. The van der Waals surface area contributed by atoms with E-state index in [9.17, 15) is 4.79 Å². The van der Waals surface area contributed by atoms with Crippen LogP contribution < -0.4 is 9.64 Å². The van der Waals surface area contributed by atoms with Crippen LogP contribution in [-0.4, -0.2) is 17.7 Å². The highest BCUT2D eigenvalue weighted by Gasteiger charge is 2.35. The summed E-state index contributed by atoms with van der Waals surface area (Å²) >= 11 is 26.1. The van der Waals surface area contributed by atoms with E-state index < -0.39 is 0 Å². The van der Waals surface area contributed by atoms with Crippen LogP contribution in [-0.2, 0) is 4.79 Å². The van der Waals surface area contributed by atoms with Gasteiger partial charge in [0, 0.05) is 10.0 Å². The van der Waals surface area contributed by atoms with Crippen LogP contribution in [0.2, 0.25) is 20.1 Å². The number of hydrogen-bond acceptors (Lipinski definition) is 4. The summed E-state index contributed by atoms with van der Waals surface area (Å²) in [6.45, 7) is 2.51. The number of anilines is 1. The van der Waals surface area contributed by atoms with Gasteiger partial charge in [0.2, 0.25) is 0 Å². The molecule has 0 N–H and O–H groups in total. The number of carbonyl (C=O) groups excluding carboxylic acids is 1. The first-order valence-electron chi connectivity index (χ1n) is 10.3. The summed E-state index contributed by atoms with van der Waals surface area (Å²) in [6.07, 6.45) is 2.57. The molecule has 1 aliphatic heterocycles. The first-order valence-corrected chi connectivity index (χ1v) is 12.6. The third kappa shape index (κ3) is 5.73. The van der Waals surface area contributed by atoms with Gasteiger partial charge in [-0.2, -0.15) is 0 Å². The number of carbonyl (C=O) groups is 1. The van der Waals surface area contributed by atoms with E-state index in [0.717, 1.165) is 6.42 Å². The molecule has 1 saturated heterocycles. The highest BCUT2D eigenvalue weighted by molar-refractivity contribution is 8.19. The van der Waals surface area contributed by atoms with Crippen molar-refractivity contribution < 1.29 is 9.53 Å². The van der Waals surface area contributed by atoms with Crippen LogP contribution in [0.15, 0.2) is 70.6 Å². The van der Waals surface area contributed by atoms with E-state index in [2.05, 4.69) is 4.99 Å². The Morgan fingerprint density at radius 1 is 0.941 bits per heavy atom. The molecule has 0 saturated carbocycles. The summed E-state index contributed by atoms with van der Waals surface area (Å²) < 4.78 is 5.63. The molecule has 0 atom stereocenters. The molecular formula is C25H18Cl4N2O2S. The van der Waals surface area contributed by atoms with Gasteiger partial charge in [0.25, 0.3) is 5.91 Å². The number of thioether (sulfide) groups is 1. The van der Waals surface area contributed by atoms with Gasteiger partial charge in [0.1, 0.15) is 0 Å². The van der Waals surface area contributed by atoms with Crippen LogP contribution in [0.3, 0.4) is 0 Å². The normalized spacial score (nSPS) is 16.0. The second kappa shape index (κ2) is 11.1. The zero-order valence-corrected chi connectivity index (χ0v) is 21.7. The van der Waals surface area contributed by atoms with E-state index in [-0.39, 0.29) is 5.91 Å². The van der Waals surface area contributed by atoms with Crippen molar-refractivity contribution in [3.8, 4) is 5.75 Å². The maximum absolute atomic E-state index is 13.4. The van der Waals surface area contributed by atoms with Crippen molar-refractivity contribution in [1.82, 2.24) is 0 Å². The number of aliphatic imine (C=N–C) groups is 1. The van der Waals surface area contributed by atoms with Gasteiger partial charge in [-0.3, -0.25) is 9.69 Å². The molecule has 4 nitrogen and oxygen atoms in total. The number of hydrogen-bond donors (Lipinski definition) is 0. The lowest BCUT2D eigenvalue weighted by Gasteiger charge is -2.15. The average molecular weight is 552 g/mol. The molecule has 3 aromatic rings. The molecule has 4 rings (SSSR count). The topological polar surface area (TPSA) is 41.9 Å². The number of ether oxygens (including phenoxy) is 1. The van der Waals surface area contributed by atoms with Crippen molar-refractivity contribution in [2.75, 3.05) is 11.5 Å². The Balaban J connectivity index is 1.73. The van der Waals surface area contributed by atoms with E-state index in [1.165, 1.54) is 11.8 Å². The molecule has 0 aromatic heterocycles. The predicted molar refractivity (Wildman–Crippen MR) is 145 cm³/mol. The fourth-order valence-electron chi connectivity index (χ4n) is 3.15. The van der Waals surface area contributed by atoms with Crippen molar-refractivity contribution >= 4 is 86.7 Å². The van der Waals surface area contributed by atoms with Gasteiger partial charge in [-0.05, 0) is 90.5 Å². The molecule has 0 radical (unpaired) electrons. The molecule has 1 fully saturated rings. The lowest BCUT2D eigenvalue weighted by Crippen LogP contribution is -2.28. The highest BCUT2D eigenvalue weighted by Crippen LogP contribution is 2.40. The highest BCUT2D eigenvalue weighted by atomic mass is 35.5. The lowest BCUT2D eigenvalue weighted by molar-refractivity contribution is -0.113. The summed E-state index contributed by atoms with van der Waals surface area (Å²) in [4.78, 5) is 20.1. The van der Waals surface area contributed by atoms with Gasteiger partial charge in [-0.1, -0.05) is 53.3 Å². The Kier molecular flexibility index (Phi) is 8.12. The van der Waals surface area contributed by atoms with Crippen molar-refractivity contribution in [1.29, 1.82) is 0 Å². The quantitative estimate of drug-likeness (QED) is 0.287. The third-order valence-electron chi connectivity index (χ3n) is 4.71. The van der Waals surface area contributed by atoms with Gasteiger partial charge in [-0.15, -0.1) is 0 Å². The van der Waals surface area contributed by atoms with Gasteiger partial charge >= 0.3 is 0 Å². The minimum Gasteiger partial charge on any atom is -0.490 e. The number of amidine groups is 1. The molecule has 1 heterocycles. The molecule has 1 aliphatic rings. The second-order valence-corrected chi connectivity index (χ2v) is 9.96. The molecule has 0 unspecified atom stereocenters. The van der Waals surface area contributed by atoms with Gasteiger partial charge in [-0.25, -0.2) is 4.99 Å². The summed E-state index contributed by atoms with van der Waals surface area (Å²) in [7, 11) is 0. The van der Waals surface area contributed by atoms with Gasteiger partial charge < -0.3 is 4.74 Å². The van der Waals surface area contributed by atoms with Crippen LogP contribution in [0.1, 0.15) is 18.9 Å². The largest absolute Gasteiger partial charge is 0.490 e. The standard InChI is InChI=1S/C25H18Cl4N2O2S/c1-2-11-33-23-20(28)12-15(13-21(23)29)14-22-24(32)31(19-9-5-17(27)6-10-19)25(34-22)30-18-7-3-16(26)4-8-18/h3-10,12-14H,2,11H2,1H3/b22-14-,30-25?. The summed E-state index contributed by atoms with van der Waals surface area (Å²) in [5.41, 5.74) is 2.00. The molecule has 0 spiro atoms. The maximum atomic E-state index is 13.4. The van der Waals surface area contributed by atoms with Crippen LogP contribution in [0, 0.1) is 0 Å². The van der Waals surface area contributed by atoms with Crippen LogP contribution in [0.5, 0.6) is 5.75 Å². The third-order valence-corrected chi connectivity index (χ3v) is 6.75. The van der Waals surface area contributed by atoms with E-state index in [1.807, 2.05) is 6.92 Å². The second-order valence-electron chi connectivity index (χ2n) is 7.26. The minimum atomic E-state index is -0.224. The molecule has 174 valence electrons. The van der Waals surface area contributed by atoms with Crippen molar-refractivity contribution in [2.45, 2.75) is 13.3 Å². The molecule has 1 amide bonds. The Hall–Kier alpha value is -2.15. The SMILES string of the molecule is CCCOc1c(Cl)cc(/C=C2\SC(=Nc3ccc(Cl)cc3)N(c3ccc(Cl)cc3)C2=O)cc1Cl. The summed E-state index contributed by atoms with van der Waals surface area (Å²) in [5, 5.41) is 2.45. The monoisotopic (exact) mass is 550 g/mol. The Morgan fingerprint density at radius 3 is 2.12 bits per heavy atom. The van der Waals surface area contributed by atoms with E-state index >= 15 is 0 Å². The zero-order chi connectivity index (χ0) is 24.2. The average Bonchev–Trinajstić information content (AvgIpc) is 3.10. The summed E-state index contributed by atoms with van der Waals surface area (Å²) in [6, 6.07) is 17.5. The fourth-order valence-corrected chi connectivity index (χ4v) is 5.01. The number of benzene rings is 3. The minimum absolute atomic E-state index is 0.224. The summed E-state index contributed by atoms with van der Waals surface area (Å²) in [5.74, 6) is 0.212. The van der Waals surface area contributed by atoms with Crippen LogP contribution in [0.25, 0.3) is 6.08 Å². The zero-order valence-electron chi connectivity index (χ0n) is 17.9. The van der Waals surface area contributed by atoms with Gasteiger partial charge in [0.05, 0.1) is 32.9 Å². The predicted octanol–water partition coefficient (Wildman–Crippen LogP) is 8.90. The van der Waals surface area contributed by atoms with Crippen LogP contribution >= 0.6 is 58.2 Å². The van der Waals surface area contributed by atoms with Crippen LogP contribution in [0.4, 0.5) is 11.4 Å². The number of rotatable bonds is 6. The number of halogens is 4. The van der Waals surface area contributed by atoms with E-state index in [1.54, 1.807) is 71.6 Å². The number of amides is 1. The molecule has 34 heavy (non-hydrogen) atoms. The Labute approximate surface area is 222 Å².